The first-order chi connectivity index (χ1) is 14.2. The van der Waals surface area contributed by atoms with Gasteiger partial charge >= 0.3 is 0 Å². The maximum Gasteiger partial charge on any atom is 0.263 e. The number of hydrogen-bond donors (Lipinski definition) is 1. The van der Waals surface area contributed by atoms with Gasteiger partial charge in [-0.1, -0.05) is 41.9 Å². The molecule has 7 nitrogen and oxygen atoms in total. The summed E-state index contributed by atoms with van der Waals surface area (Å²) in [7, 11) is 0. The topological polar surface area (TPSA) is 84.2 Å². The standard InChI is InChI=1S/C22H27N5O2/c1-3-18-19-20(24-14-25-22(19)29-26-18)27-12-4-5-17(13-27)21(28)23-11-10-16-8-6-15(2)7-9-16/h6-9,14,17H,3-5,10-13H2,1-2H3,(H,23,28)/t17-/m0/s1. The minimum atomic E-state index is -0.0447. The van der Waals surface area contributed by atoms with Crippen LogP contribution in [-0.2, 0) is 17.6 Å². The van der Waals surface area contributed by atoms with Crippen LogP contribution < -0.4 is 10.2 Å². The molecular weight excluding hydrogens is 366 g/mol. The summed E-state index contributed by atoms with van der Waals surface area (Å²) in [5, 5.41) is 8.10. The molecule has 1 atom stereocenters. The van der Waals surface area contributed by atoms with Crippen molar-refractivity contribution >= 4 is 22.8 Å². The Labute approximate surface area is 170 Å². The van der Waals surface area contributed by atoms with Gasteiger partial charge in [-0.3, -0.25) is 4.79 Å². The predicted octanol–water partition coefficient (Wildman–Crippen LogP) is 3.06. The van der Waals surface area contributed by atoms with Crippen molar-refractivity contribution in [2.45, 2.75) is 39.5 Å². The molecule has 0 saturated carbocycles. The molecule has 1 N–H and O–H groups in total. The quantitative estimate of drug-likeness (QED) is 0.693. The Bertz CT molecular complexity index is 983. The third-order valence-electron chi connectivity index (χ3n) is 5.58. The number of aromatic nitrogens is 3. The average Bonchev–Trinajstić information content (AvgIpc) is 3.18. The molecule has 152 valence electrons. The van der Waals surface area contributed by atoms with Crippen molar-refractivity contribution in [2.24, 2.45) is 5.92 Å². The van der Waals surface area contributed by atoms with Crippen LogP contribution in [-0.4, -0.2) is 40.7 Å². The van der Waals surface area contributed by atoms with E-state index in [0.29, 0.717) is 18.8 Å². The molecule has 0 spiro atoms. The maximum absolute atomic E-state index is 12.8. The monoisotopic (exact) mass is 393 g/mol. The number of carbonyl (C=O) groups is 1. The second kappa shape index (κ2) is 8.59. The molecule has 4 rings (SSSR count). The van der Waals surface area contributed by atoms with Crippen LogP contribution in [0.3, 0.4) is 0 Å². The lowest BCUT2D eigenvalue weighted by Crippen LogP contribution is -2.44. The van der Waals surface area contributed by atoms with Gasteiger partial charge in [-0.15, -0.1) is 0 Å². The van der Waals surface area contributed by atoms with Crippen LogP contribution in [0.2, 0.25) is 0 Å². The smallest absolute Gasteiger partial charge is 0.263 e. The van der Waals surface area contributed by atoms with Gasteiger partial charge in [-0.2, -0.15) is 4.98 Å². The average molecular weight is 393 g/mol. The molecule has 1 aliphatic heterocycles. The minimum absolute atomic E-state index is 0.0447. The van der Waals surface area contributed by atoms with Crippen molar-refractivity contribution in [2.75, 3.05) is 24.5 Å². The van der Waals surface area contributed by atoms with E-state index in [1.165, 1.54) is 17.5 Å². The number of carbonyl (C=O) groups excluding carboxylic acids is 1. The molecule has 7 heteroatoms. The number of benzene rings is 1. The Morgan fingerprint density at radius 2 is 2.10 bits per heavy atom. The SMILES string of the molecule is CCc1noc2ncnc(N3CCC[C@H](C(=O)NCCc4ccc(C)cc4)C3)c12. The Kier molecular flexibility index (Phi) is 5.74. The molecule has 0 aliphatic carbocycles. The van der Waals surface area contributed by atoms with Crippen molar-refractivity contribution in [3.8, 4) is 0 Å². The Morgan fingerprint density at radius 3 is 2.90 bits per heavy atom. The van der Waals surface area contributed by atoms with Crippen LogP contribution in [0.4, 0.5) is 5.82 Å². The second-order valence-electron chi connectivity index (χ2n) is 7.67. The fourth-order valence-electron chi connectivity index (χ4n) is 3.92. The van der Waals surface area contributed by atoms with Gasteiger partial charge < -0.3 is 14.7 Å². The number of nitrogens with zero attached hydrogens (tertiary/aromatic N) is 4. The fraction of sp³-hybridized carbons (Fsp3) is 0.455. The number of nitrogens with one attached hydrogen (secondary N) is 1. The van der Waals surface area contributed by atoms with Gasteiger partial charge in [0, 0.05) is 19.6 Å². The highest BCUT2D eigenvalue weighted by Gasteiger charge is 2.28. The Hall–Kier alpha value is -2.96. The first-order valence-electron chi connectivity index (χ1n) is 10.3. The normalized spacial score (nSPS) is 16.9. The summed E-state index contributed by atoms with van der Waals surface area (Å²) in [5.41, 5.74) is 3.86. The minimum Gasteiger partial charge on any atom is -0.355 e. The summed E-state index contributed by atoms with van der Waals surface area (Å²) in [6.45, 7) is 6.29. The number of piperidine rings is 1. The summed E-state index contributed by atoms with van der Waals surface area (Å²) in [6.07, 6.45) is 4.95. The van der Waals surface area contributed by atoms with Crippen LogP contribution in [0, 0.1) is 12.8 Å². The molecule has 1 aromatic carbocycles. The molecule has 29 heavy (non-hydrogen) atoms. The van der Waals surface area contributed by atoms with Gasteiger partial charge in [-0.25, -0.2) is 4.98 Å². The van der Waals surface area contributed by atoms with Crippen molar-refractivity contribution in [1.29, 1.82) is 0 Å². The molecule has 0 radical (unpaired) electrons. The van der Waals surface area contributed by atoms with Crippen LogP contribution in [0.1, 0.15) is 36.6 Å². The van der Waals surface area contributed by atoms with E-state index in [9.17, 15) is 4.79 Å². The van der Waals surface area contributed by atoms with Crippen LogP contribution in [0.5, 0.6) is 0 Å². The lowest BCUT2D eigenvalue weighted by atomic mass is 9.96. The number of anilines is 1. The number of aryl methyl sites for hydroxylation is 2. The molecule has 1 amide bonds. The molecule has 1 fully saturated rings. The van der Waals surface area contributed by atoms with E-state index in [-0.39, 0.29) is 11.8 Å². The molecule has 1 aliphatic rings. The van der Waals surface area contributed by atoms with E-state index in [1.54, 1.807) is 0 Å². The van der Waals surface area contributed by atoms with Crippen molar-refractivity contribution < 1.29 is 9.32 Å². The largest absolute Gasteiger partial charge is 0.355 e. The Morgan fingerprint density at radius 1 is 1.28 bits per heavy atom. The zero-order valence-corrected chi connectivity index (χ0v) is 17.0. The van der Waals surface area contributed by atoms with Crippen LogP contribution in [0.15, 0.2) is 35.1 Å². The molecule has 3 aromatic rings. The molecule has 1 saturated heterocycles. The molecule has 0 unspecified atom stereocenters. The van der Waals surface area contributed by atoms with Crippen molar-refractivity contribution in [1.82, 2.24) is 20.4 Å². The Balaban J connectivity index is 1.40. The van der Waals surface area contributed by atoms with E-state index < -0.39 is 0 Å². The maximum atomic E-state index is 12.8. The van der Waals surface area contributed by atoms with Gasteiger partial charge in [-0.05, 0) is 38.2 Å². The summed E-state index contributed by atoms with van der Waals surface area (Å²) >= 11 is 0. The zero-order chi connectivity index (χ0) is 20.2. The van der Waals surface area contributed by atoms with E-state index in [1.807, 2.05) is 6.92 Å². The third-order valence-corrected chi connectivity index (χ3v) is 5.58. The van der Waals surface area contributed by atoms with E-state index >= 15 is 0 Å². The van der Waals surface area contributed by atoms with E-state index in [0.717, 1.165) is 49.1 Å². The fourth-order valence-corrected chi connectivity index (χ4v) is 3.92. The summed E-state index contributed by atoms with van der Waals surface area (Å²) in [6, 6.07) is 8.45. The van der Waals surface area contributed by atoms with Gasteiger partial charge in [0.15, 0.2) is 0 Å². The molecular formula is C22H27N5O2. The van der Waals surface area contributed by atoms with E-state index in [2.05, 4.69) is 56.5 Å². The zero-order valence-electron chi connectivity index (χ0n) is 17.0. The highest BCUT2D eigenvalue weighted by atomic mass is 16.5. The summed E-state index contributed by atoms with van der Waals surface area (Å²) in [4.78, 5) is 23.6. The van der Waals surface area contributed by atoms with Crippen molar-refractivity contribution in [3.05, 3.63) is 47.4 Å². The lowest BCUT2D eigenvalue weighted by Gasteiger charge is -2.33. The highest BCUT2D eigenvalue weighted by molar-refractivity contribution is 5.88. The second-order valence-corrected chi connectivity index (χ2v) is 7.67. The van der Waals surface area contributed by atoms with Gasteiger partial charge in [0.05, 0.1) is 11.6 Å². The highest BCUT2D eigenvalue weighted by Crippen LogP contribution is 2.30. The van der Waals surface area contributed by atoms with Crippen LogP contribution >= 0.6 is 0 Å². The van der Waals surface area contributed by atoms with Gasteiger partial charge in [0.1, 0.15) is 17.5 Å². The first-order valence-corrected chi connectivity index (χ1v) is 10.3. The summed E-state index contributed by atoms with van der Waals surface area (Å²) < 4.78 is 5.34. The molecule has 3 heterocycles. The number of amides is 1. The third kappa shape index (κ3) is 4.23. The molecule has 2 aromatic heterocycles. The van der Waals surface area contributed by atoms with Gasteiger partial charge in [0.25, 0.3) is 5.71 Å². The van der Waals surface area contributed by atoms with Gasteiger partial charge in [0.2, 0.25) is 5.91 Å². The van der Waals surface area contributed by atoms with Crippen molar-refractivity contribution in [3.63, 3.8) is 0 Å². The predicted molar refractivity (Wildman–Crippen MR) is 112 cm³/mol. The number of hydrogen-bond acceptors (Lipinski definition) is 6. The first kappa shape index (κ1) is 19.4. The molecule has 0 bridgehead atoms. The lowest BCUT2D eigenvalue weighted by molar-refractivity contribution is -0.125. The van der Waals surface area contributed by atoms with Crippen LogP contribution in [0.25, 0.3) is 11.1 Å². The summed E-state index contributed by atoms with van der Waals surface area (Å²) in [5.74, 6) is 0.898. The number of rotatable bonds is 6. The number of fused-ring (bicyclic) bond motifs is 1. The van der Waals surface area contributed by atoms with E-state index in [4.69, 9.17) is 4.52 Å².